The molecule has 4 amide bonds. The number of alkyl carbamates (subject to hydrolysis) is 1. The summed E-state index contributed by atoms with van der Waals surface area (Å²) in [5, 5.41) is 2.69. The van der Waals surface area contributed by atoms with Crippen LogP contribution in [0.1, 0.15) is 83.5 Å². The van der Waals surface area contributed by atoms with E-state index in [2.05, 4.69) is 49.5 Å². The average Bonchev–Trinajstić information content (AvgIpc) is 4.02. The van der Waals surface area contributed by atoms with E-state index in [-0.39, 0.29) is 35.7 Å². The molecule has 6 rings (SSSR count). The number of methoxy groups -OCH3 is 1. The lowest BCUT2D eigenvalue weighted by atomic mass is 10.00. The molecule has 1 unspecified atom stereocenters. The fourth-order valence-corrected chi connectivity index (χ4v) is 7.41. The van der Waals surface area contributed by atoms with E-state index in [1.807, 2.05) is 52.0 Å². The Morgan fingerprint density at radius 2 is 1.26 bits per heavy atom. The summed E-state index contributed by atoms with van der Waals surface area (Å²) in [5.74, 6) is 0.757. The van der Waals surface area contributed by atoms with Gasteiger partial charge in [0.2, 0.25) is 5.91 Å². The molecule has 0 aliphatic carbocycles. The third-order valence-corrected chi connectivity index (χ3v) is 10.7. The lowest BCUT2D eigenvalue weighted by molar-refractivity contribution is -0.144. The molecule has 0 saturated carbocycles. The van der Waals surface area contributed by atoms with Gasteiger partial charge in [0.1, 0.15) is 17.7 Å². The molecule has 2 saturated heterocycles. The Bertz CT molecular complexity index is 1940. The normalized spacial score (nSPS) is 18.7. The van der Waals surface area contributed by atoms with Gasteiger partial charge in [-0.05, 0) is 60.3 Å². The Morgan fingerprint density at radius 1 is 0.796 bits per heavy atom. The first-order valence-electron chi connectivity index (χ1n) is 18.7. The zero-order valence-electron chi connectivity index (χ0n) is 31.5. The molecule has 0 spiro atoms. The van der Waals surface area contributed by atoms with Crippen LogP contribution in [0.2, 0.25) is 0 Å². The van der Waals surface area contributed by atoms with E-state index in [1.165, 1.54) is 7.11 Å². The summed E-state index contributed by atoms with van der Waals surface area (Å²) in [7, 11) is 1.29. The lowest BCUT2D eigenvalue weighted by Gasteiger charge is -2.30. The largest absolute Gasteiger partial charge is 0.453 e. The highest BCUT2D eigenvalue weighted by molar-refractivity contribution is 5.86. The number of likely N-dealkylation sites (tertiary alicyclic amines) is 2. The fourth-order valence-electron chi connectivity index (χ4n) is 7.41. The van der Waals surface area contributed by atoms with Crippen molar-refractivity contribution in [2.75, 3.05) is 20.2 Å². The standard InChI is InChI=1S/C40H50N8O6/c1-6-24(4)34(54-39(41)51)38(50)48-20-8-10-32(48)36-43-22-30(45-36)28-17-13-26(14-18-28)25-11-15-27(16-12-25)29-21-42-35(44-29)31-9-7-19-47(31)37(49)33(23(2)3)46-40(52)53-5/h11-18,21-24,31-34H,6-10,19-20H2,1-5H3,(H2,41,51)(H,42,44)(H,43,45)(H,46,52)/t24?,31-,32-,33-,34-/m0/s1. The van der Waals surface area contributed by atoms with Crippen molar-refractivity contribution in [2.24, 2.45) is 17.6 Å². The molecule has 2 aliphatic rings. The SMILES string of the molecule is CCC(C)[C@H](OC(N)=O)C(=O)N1CCC[C@H]1c1ncc(-c2ccc(-c3ccc(-c4cnc([C@@H]5CCCN5C(=O)[C@@H](NC(=O)OC)C(C)C)[nH]4)cc3)cc2)[nH]1. The van der Waals surface area contributed by atoms with Crippen molar-refractivity contribution in [3.8, 4) is 33.6 Å². The molecule has 4 heterocycles. The number of benzene rings is 2. The molecule has 0 bridgehead atoms. The van der Waals surface area contributed by atoms with Crippen LogP contribution in [0.25, 0.3) is 33.6 Å². The predicted octanol–water partition coefficient (Wildman–Crippen LogP) is 6.35. The summed E-state index contributed by atoms with van der Waals surface area (Å²) < 4.78 is 10.0. The van der Waals surface area contributed by atoms with Crippen LogP contribution in [-0.2, 0) is 19.1 Å². The minimum atomic E-state index is -0.952. The van der Waals surface area contributed by atoms with Crippen molar-refractivity contribution in [1.82, 2.24) is 35.1 Å². The Labute approximate surface area is 315 Å². The van der Waals surface area contributed by atoms with Gasteiger partial charge in [-0.3, -0.25) is 9.59 Å². The third-order valence-electron chi connectivity index (χ3n) is 10.7. The average molecular weight is 739 g/mol. The second-order valence-corrected chi connectivity index (χ2v) is 14.5. The maximum atomic E-state index is 13.5. The van der Waals surface area contributed by atoms with Crippen molar-refractivity contribution < 1.29 is 28.7 Å². The van der Waals surface area contributed by atoms with Crippen LogP contribution in [0.3, 0.4) is 0 Å². The Morgan fingerprint density at radius 3 is 1.69 bits per heavy atom. The topological polar surface area (TPSA) is 189 Å². The van der Waals surface area contributed by atoms with E-state index in [0.717, 1.165) is 65.1 Å². The summed E-state index contributed by atoms with van der Waals surface area (Å²) in [6.07, 6.45) is 4.95. The molecule has 14 heteroatoms. The molecular formula is C40H50N8O6. The van der Waals surface area contributed by atoms with Crippen molar-refractivity contribution in [2.45, 2.75) is 84.0 Å². The number of hydrogen-bond acceptors (Lipinski definition) is 8. The number of hydrogen-bond donors (Lipinski definition) is 4. The first-order chi connectivity index (χ1) is 26.0. The fraction of sp³-hybridized carbons (Fsp3) is 0.450. The maximum absolute atomic E-state index is 13.5. The number of H-pyrrole nitrogens is 2. The summed E-state index contributed by atoms with van der Waals surface area (Å²) in [5.41, 5.74) is 11.0. The smallest absolute Gasteiger partial charge is 0.407 e. The van der Waals surface area contributed by atoms with Crippen molar-refractivity contribution in [1.29, 1.82) is 0 Å². The Hall–Kier alpha value is -5.66. The number of imidazole rings is 2. The molecule has 2 aromatic heterocycles. The first-order valence-corrected chi connectivity index (χ1v) is 18.7. The van der Waals surface area contributed by atoms with Gasteiger partial charge >= 0.3 is 12.2 Å². The second kappa shape index (κ2) is 16.6. The molecular weight excluding hydrogens is 688 g/mol. The number of aromatic nitrogens is 4. The highest BCUT2D eigenvalue weighted by atomic mass is 16.6. The molecule has 4 aromatic rings. The molecule has 5 N–H and O–H groups in total. The van der Waals surface area contributed by atoms with Gasteiger partial charge in [-0.15, -0.1) is 0 Å². The summed E-state index contributed by atoms with van der Waals surface area (Å²) in [6.45, 7) is 8.77. The number of nitrogens with zero attached hydrogens (tertiary/aromatic N) is 4. The van der Waals surface area contributed by atoms with Gasteiger partial charge < -0.3 is 40.3 Å². The Balaban J connectivity index is 1.11. The highest BCUT2D eigenvalue weighted by Gasteiger charge is 2.39. The zero-order valence-corrected chi connectivity index (χ0v) is 31.5. The lowest BCUT2D eigenvalue weighted by Crippen LogP contribution is -2.51. The number of amides is 4. The van der Waals surface area contributed by atoms with E-state index in [4.69, 9.17) is 15.2 Å². The van der Waals surface area contributed by atoms with Gasteiger partial charge in [-0.2, -0.15) is 0 Å². The Kier molecular flexibility index (Phi) is 11.7. The third kappa shape index (κ3) is 8.12. The molecule has 286 valence electrons. The molecule has 14 nitrogen and oxygen atoms in total. The van der Waals surface area contributed by atoms with Gasteiger partial charge in [0.25, 0.3) is 5.91 Å². The van der Waals surface area contributed by atoms with Crippen LogP contribution in [0, 0.1) is 11.8 Å². The van der Waals surface area contributed by atoms with Crippen LogP contribution in [0.5, 0.6) is 0 Å². The van der Waals surface area contributed by atoms with E-state index < -0.39 is 24.3 Å². The van der Waals surface area contributed by atoms with Crippen LogP contribution in [0.4, 0.5) is 9.59 Å². The van der Waals surface area contributed by atoms with Crippen LogP contribution < -0.4 is 11.1 Å². The summed E-state index contributed by atoms with van der Waals surface area (Å²) in [6, 6.07) is 15.3. The molecule has 54 heavy (non-hydrogen) atoms. The highest BCUT2D eigenvalue weighted by Crippen LogP contribution is 2.35. The first kappa shape index (κ1) is 38.1. The summed E-state index contributed by atoms with van der Waals surface area (Å²) in [4.78, 5) is 70.2. The predicted molar refractivity (Wildman–Crippen MR) is 202 cm³/mol. The number of carbonyl (C=O) groups excluding carboxylic acids is 4. The molecule has 2 aromatic carbocycles. The van der Waals surface area contributed by atoms with Gasteiger partial charge in [0, 0.05) is 19.0 Å². The minimum Gasteiger partial charge on any atom is -0.453 e. The molecule has 2 aliphatic heterocycles. The number of nitrogens with one attached hydrogen (secondary N) is 3. The quantitative estimate of drug-likeness (QED) is 0.129. The minimum absolute atomic E-state index is 0.106. The number of ether oxygens (including phenoxy) is 2. The van der Waals surface area contributed by atoms with E-state index >= 15 is 0 Å². The van der Waals surface area contributed by atoms with E-state index in [0.29, 0.717) is 25.3 Å². The van der Waals surface area contributed by atoms with E-state index in [1.54, 1.807) is 22.2 Å². The molecule has 2 fully saturated rings. The number of aromatic amines is 2. The summed E-state index contributed by atoms with van der Waals surface area (Å²) >= 11 is 0. The second-order valence-electron chi connectivity index (χ2n) is 14.5. The van der Waals surface area contributed by atoms with Crippen molar-refractivity contribution in [3.63, 3.8) is 0 Å². The van der Waals surface area contributed by atoms with Crippen LogP contribution in [-0.4, -0.2) is 86.1 Å². The molecule has 0 radical (unpaired) electrons. The van der Waals surface area contributed by atoms with Crippen LogP contribution >= 0.6 is 0 Å². The van der Waals surface area contributed by atoms with E-state index in [9.17, 15) is 19.2 Å². The number of carbonyl (C=O) groups is 4. The molecule has 5 atom stereocenters. The van der Waals surface area contributed by atoms with Gasteiger partial charge in [-0.1, -0.05) is 76.2 Å². The van der Waals surface area contributed by atoms with Crippen molar-refractivity contribution in [3.05, 3.63) is 72.6 Å². The van der Waals surface area contributed by atoms with Crippen molar-refractivity contribution >= 4 is 24.0 Å². The zero-order chi connectivity index (χ0) is 38.5. The number of rotatable bonds is 12. The van der Waals surface area contributed by atoms with Gasteiger partial charge in [-0.25, -0.2) is 19.6 Å². The van der Waals surface area contributed by atoms with Gasteiger partial charge in [0.05, 0.1) is 43.0 Å². The maximum Gasteiger partial charge on any atom is 0.407 e. The number of primary amides is 1. The van der Waals surface area contributed by atoms with Crippen LogP contribution in [0.15, 0.2) is 60.9 Å². The number of nitrogens with two attached hydrogens (primary N) is 1. The monoisotopic (exact) mass is 738 g/mol. The van der Waals surface area contributed by atoms with Gasteiger partial charge in [0.15, 0.2) is 6.10 Å².